The summed E-state index contributed by atoms with van der Waals surface area (Å²) in [6.45, 7) is 3.83. The van der Waals surface area contributed by atoms with Gasteiger partial charge in [0, 0.05) is 25.5 Å². The molecule has 0 spiro atoms. The van der Waals surface area contributed by atoms with Crippen LogP contribution in [0, 0.1) is 6.92 Å². The minimum Gasteiger partial charge on any atom is -0.353 e. The van der Waals surface area contributed by atoms with E-state index in [9.17, 15) is 0 Å². The maximum Gasteiger partial charge on any atom is 0.222 e. The van der Waals surface area contributed by atoms with E-state index in [-0.39, 0.29) is 0 Å². The summed E-state index contributed by atoms with van der Waals surface area (Å²) in [6, 6.07) is 0. The number of nitrogens with one attached hydrogen (secondary N) is 1. The molecule has 13 heavy (non-hydrogen) atoms. The number of aromatic nitrogens is 2. The van der Waals surface area contributed by atoms with Crippen molar-refractivity contribution < 1.29 is 0 Å². The molecular formula is C9H16N4. The normalized spacial score (nSPS) is 10.5. The third kappa shape index (κ3) is 3.85. The third-order valence-corrected chi connectivity index (χ3v) is 1.62. The summed E-state index contributed by atoms with van der Waals surface area (Å²) in [5.74, 6) is 0.701. The van der Waals surface area contributed by atoms with Crippen LogP contribution in [0.25, 0.3) is 0 Å². The number of hydrogen-bond donors (Lipinski definition) is 1. The molecule has 0 saturated carbocycles. The summed E-state index contributed by atoms with van der Waals surface area (Å²) >= 11 is 0. The second kappa shape index (κ2) is 4.77. The zero-order valence-corrected chi connectivity index (χ0v) is 8.41. The molecule has 0 bridgehead atoms. The molecule has 0 aliphatic rings. The van der Waals surface area contributed by atoms with E-state index in [0.29, 0.717) is 5.95 Å². The topological polar surface area (TPSA) is 41.1 Å². The first-order chi connectivity index (χ1) is 6.18. The van der Waals surface area contributed by atoms with Gasteiger partial charge in [-0.25, -0.2) is 9.97 Å². The molecule has 0 amide bonds. The molecule has 0 fully saturated rings. The zero-order chi connectivity index (χ0) is 9.68. The maximum atomic E-state index is 4.13. The zero-order valence-electron chi connectivity index (χ0n) is 8.41. The summed E-state index contributed by atoms with van der Waals surface area (Å²) in [6.07, 6.45) is 3.62. The molecule has 0 radical (unpaired) electrons. The van der Waals surface area contributed by atoms with Crippen LogP contribution in [0.5, 0.6) is 0 Å². The van der Waals surface area contributed by atoms with Crippen molar-refractivity contribution in [3.05, 3.63) is 18.0 Å². The van der Waals surface area contributed by atoms with Crippen LogP contribution in [0.3, 0.4) is 0 Å². The molecule has 1 heterocycles. The molecule has 1 N–H and O–H groups in total. The molecular weight excluding hydrogens is 164 g/mol. The molecule has 1 aromatic heterocycles. The molecule has 4 nitrogen and oxygen atoms in total. The standard InChI is InChI=1S/C9H16N4/c1-8-6-11-9(12-7-8)10-4-5-13(2)3/h6-7H,4-5H2,1-3H3,(H,10,11,12). The lowest BCUT2D eigenvalue weighted by Gasteiger charge is -2.09. The predicted octanol–water partition coefficient (Wildman–Crippen LogP) is 0.759. The van der Waals surface area contributed by atoms with E-state index in [1.54, 1.807) is 0 Å². The Hall–Kier alpha value is -1.16. The van der Waals surface area contributed by atoms with Crippen molar-refractivity contribution in [1.82, 2.24) is 14.9 Å². The molecule has 0 aliphatic heterocycles. The average molecular weight is 180 g/mol. The second-order valence-corrected chi connectivity index (χ2v) is 3.31. The van der Waals surface area contributed by atoms with Crippen LogP contribution in [0.15, 0.2) is 12.4 Å². The van der Waals surface area contributed by atoms with Crippen molar-refractivity contribution in [1.29, 1.82) is 0 Å². The minimum absolute atomic E-state index is 0.701. The lowest BCUT2D eigenvalue weighted by Crippen LogP contribution is -2.21. The second-order valence-electron chi connectivity index (χ2n) is 3.31. The number of anilines is 1. The first kappa shape index (κ1) is 9.92. The van der Waals surface area contributed by atoms with E-state index in [2.05, 4.69) is 20.2 Å². The maximum absolute atomic E-state index is 4.13. The van der Waals surface area contributed by atoms with Crippen molar-refractivity contribution in [2.75, 3.05) is 32.5 Å². The van der Waals surface area contributed by atoms with Gasteiger partial charge in [0.1, 0.15) is 0 Å². The predicted molar refractivity (Wildman–Crippen MR) is 53.8 cm³/mol. The number of likely N-dealkylation sites (N-methyl/N-ethyl adjacent to an activating group) is 1. The van der Waals surface area contributed by atoms with Crippen molar-refractivity contribution in [3.8, 4) is 0 Å². The van der Waals surface area contributed by atoms with E-state index in [1.807, 2.05) is 33.4 Å². The van der Waals surface area contributed by atoms with Gasteiger partial charge < -0.3 is 10.2 Å². The fourth-order valence-corrected chi connectivity index (χ4v) is 0.875. The smallest absolute Gasteiger partial charge is 0.222 e. The van der Waals surface area contributed by atoms with E-state index in [0.717, 1.165) is 18.7 Å². The fourth-order valence-electron chi connectivity index (χ4n) is 0.875. The van der Waals surface area contributed by atoms with Crippen molar-refractivity contribution >= 4 is 5.95 Å². The van der Waals surface area contributed by atoms with Gasteiger partial charge in [0.15, 0.2) is 0 Å². The van der Waals surface area contributed by atoms with Crippen molar-refractivity contribution in [3.63, 3.8) is 0 Å². The lowest BCUT2D eigenvalue weighted by atomic mass is 10.4. The molecule has 0 saturated heterocycles. The molecule has 0 aliphatic carbocycles. The number of aryl methyl sites for hydroxylation is 1. The Bertz CT molecular complexity index is 242. The Morgan fingerprint density at radius 1 is 1.31 bits per heavy atom. The Morgan fingerprint density at radius 2 is 1.92 bits per heavy atom. The Kier molecular flexibility index (Phi) is 3.64. The lowest BCUT2D eigenvalue weighted by molar-refractivity contribution is 0.425. The average Bonchev–Trinajstić information content (AvgIpc) is 2.08. The van der Waals surface area contributed by atoms with Gasteiger partial charge in [-0.1, -0.05) is 0 Å². The fraction of sp³-hybridized carbons (Fsp3) is 0.556. The van der Waals surface area contributed by atoms with Gasteiger partial charge in [-0.3, -0.25) is 0 Å². The van der Waals surface area contributed by atoms with Crippen LogP contribution < -0.4 is 5.32 Å². The summed E-state index contributed by atoms with van der Waals surface area (Å²) in [5.41, 5.74) is 1.08. The van der Waals surface area contributed by atoms with Crippen molar-refractivity contribution in [2.45, 2.75) is 6.92 Å². The summed E-state index contributed by atoms with van der Waals surface area (Å²) in [5, 5.41) is 3.14. The highest BCUT2D eigenvalue weighted by Crippen LogP contribution is 1.97. The van der Waals surface area contributed by atoms with Crippen LogP contribution in [0.4, 0.5) is 5.95 Å². The van der Waals surface area contributed by atoms with E-state index in [1.165, 1.54) is 0 Å². The largest absolute Gasteiger partial charge is 0.353 e. The molecule has 4 heteroatoms. The molecule has 72 valence electrons. The molecule has 1 rings (SSSR count). The van der Waals surface area contributed by atoms with Gasteiger partial charge >= 0.3 is 0 Å². The molecule has 0 unspecified atom stereocenters. The van der Waals surface area contributed by atoms with Crippen LogP contribution >= 0.6 is 0 Å². The Labute approximate surface area is 79.0 Å². The SMILES string of the molecule is Cc1cnc(NCCN(C)C)nc1. The highest BCUT2D eigenvalue weighted by Gasteiger charge is 1.94. The van der Waals surface area contributed by atoms with Gasteiger partial charge in [0.25, 0.3) is 0 Å². The molecule has 0 atom stereocenters. The van der Waals surface area contributed by atoms with Gasteiger partial charge in [-0.15, -0.1) is 0 Å². The summed E-state index contributed by atoms with van der Waals surface area (Å²) in [7, 11) is 4.08. The molecule has 1 aromatic rings. The number of rotatable bonds is 4. The highest BCUT2D eigenvalue weighted by molar-refractivity contribution is 5.23. The first-order valence-electron chi connectivity index (χ1n) is 4.36. The van der Waals surface area contributed by atoms with Gasteiger partial charge in [0.05, 0.1) is 0 Å². The minimum atomic E-state index is 0.701. The monoisotopic (exact) mass is 180 g/mol. The van der Waals surface area contributed by atoms with Crippen LogP contribution in [0.1, 0.15) is 5.56 Å². The van der Waals surface area contributed by atoms with E-state index in [4.69, 9.17) is 0 Å². The van der Waals surface area contributed by atoms with Gasteiger partial charge in [0.2, 0.25) is 5.95 Å². The van der Waals surface area contributed by atoms with Crippen LogP contribution in [-0.2, 0) is 0 Å². The molecule has 0 aromatic carbocycles. The third-order valence-electron chi connectivity index (χ3n) is 1.62. The van der Waals surface area contributed by atoms with E-state index < -0.39 is 0 Å². The van der Waals surface area contributed by atoms with Gasteiger partial charge in [-0.05, 0) is 26.6 Å². The Balaban J connectivity index is 2.33. The number of nitrogens with zero attached hydrogens (tertiary/aromatic N) is 3. The first-order valence-corrected chi connectivity index (χ1v) is 4.36. The summed E-state index contributed by atoms with van der Waals surface area (Å²) in [4.78, 5) is 10.4. The van der Waals surface area contributed by atoms with Crippen LogP contribution in [-0.4, -0.2) is 42.1 Å². The number of hydrogen-bond acceptors (Lipinski definition) is 4. The van der Waals surface area contributed by atoms with Gasteiger partial charge in [-0.2, -0.15) is 0 Å². The van der Waals surface area contributed by atoms with E-state index >= 15 is 0 Å². The van der Waals surface area contributed by atoms with Crippen molar-refractivity contribution in [2.24, 2.45) is 0 Å². The Morgan fingerprint density at radius 3 is 2.46 bits per heavy atom. The van der Waals surface area contributed by atoms with Crippen LogP contribution in [0.2, 0.25) is 0 Å². The highest BCUT2D eigenvalue weighted by atomic mass is 15.1. The quantitative estimate of drug-likeness (QED) is 0.742. The summed E-state index contributed by atoms with van der Waals surface area (Å²) < 4.78 is 0.